The normalized spacial score (nSPS) is 16.2. The van der Waals surface area contributed by atoms with Crippen LogP contribution < -0.4 is 15.6 Å². The highest BCUT2D eigenvalue weighted by atomic mass is 16.5. The van der Waals surface area contributed by atoms with Crippen molar-refractivity contribution >= 4 is 11.7 Å². The average Bonchev–Trinajstić information content (AvgIpc) is 2.59. The second-order valence-corrected chi connectivity index (χ2v) is 6.37. The van der Waals surface area contributed by atoms with Gasteiger partial charge in [-0.1, -0.05) is 19.1 Å². The summed E-state index contributed by atoms with van der Waals surface area (Å²) in [5, 5.41) is 2.71. The number of carbonyl (C=O) groups excluding carboxylic acids is 2. The lowest BCUT2D eigenvalue weighted by atomic mass is 9.86. The zero-order valence-electron chi connectivity index (χ0n) is 14.2. The van der Waals surface area contributed by atoms with Crippen LogP contribution in [0.2, 0.25) is 0 Å². The van der Waals surface area contributed by atoms with E-state index in [0.29, 0.717) is 24.1 Å². The number of fused-ring (bicyclic) bond motifs is 1. The highest BCUT2D eigenvalue weighted by molar-refractivity contribution is 6.01. The van der Waals surface area contributed by atoms with Crippen molar-refractivity contribution in [1.82, 2.24) is 10.3 Å². The van der Waals surface area contributed by atoms with Crippen LogP contribution >= 0.6 is 0 Å². The summed E-state index contributed by atoms with van der Waals surface area (Å²) < 4.78 is 5.09. The van der Waals surface area contributed by atoms with E-state index in [1.54, 1.807) is 19.2 Å². The molecule has 6 heteroatoms. The number of aromatic amines is 1. The Morgan fingerprint density at radius 2 is 1.96 bits per heavy atom. The fourth-order valence-corrected chi connectivity index (χ4v) is 3.02. The van der Waals surface area contributed by atoms with Crippen LogP contribution in [0.1, 0.15) is 45.3 Å². The molecule has 0 aliphatic heterocycles. The Labute approximate surface area is 145 Å². The van der Waals surface area contributed by atoms with Crippen LogP contribution in [0.25, 0.3) is 0 Å². The minimum absolute atomic E-state index is 0.0323. The summed E-state index contributed by atoms with van der Waals surface area (Å²) in [5.41, 5.74) is 1.46. The van der Waals surface area contributed by atoms with Crippen LogP contribution in [0.3, 0.4) is 0 Å². The monoisotopic (exact) mass is 340 g/mol. The van der Waals surface area contributed by atoms with Crippen molar-refractivity contribution in [1.29, 1.82) is 0 Å². The van der Waals surface area contributed by atoms with Gasteiger partial charge in [0.15, 0.2) is 5.78 Å². The molecule has 1 aliphatic carbocycles. The molecule has 130 valence electrons. The quantitative estimate of drug-likeness (QED) is 0.892. The van der Waals surface area contributed by atoms with E-state index in [4.69, 9.17) is 4.74 Å². The van der Waals surface area contributed by atoms with Crippen molar-refractivity contribution in [3.05, 3.63) is 63.1 Å². The zero-order valence-corrected chi connectivity index (χ0v) is 14.2. The van der Waals surface area contributed by atoms with Gasteiger partial charge in [0.2, 0.25) is 0 Å². The number of hydrogen-bond acceptors (Lipinski definition) is 4. The summed E-state index contributed by atoms with van der Waals surface area (Å²) in [5.74, 6) is 0.403. The Morgan fingerprint density at radius 1 is 1.24 bits per heavy atom. The lowest BCUT2D eigenvalue weighted by Gasteiger charge is -2.20. The number of ether oxygens (including phenoxy) is 1. The Kier molecular flexibility index (Phi) is 4.70. The number of rotatable bonds is 4. The smallest absolute Gasteiger partial charge is 0.261 e. The summed E-state index contributed by atoms with van der Waals surface area (Å²) in [6.07, 6.45) is 1.08. The number of nitrogens with one attached hydrogen (secondary N) is 2. The molecular formula is C19H20N2O4. The van der Waals surface area contributed by atoms with Crippen LogP contribution in [0.5, 0.6) is 5.75 Å². The first-order valence-corrected chi connectivity index (χ1v) is 8.18. The molecule has 0 bridgehead atoms. The molecule has 0 saturated carbocycles. The summed E-state index contributed by atoms with van der Waals surface area (Å²) in [4.78, 5) is 39.4. The first-order valence-electron chi connectivity index (χ1n) is 8.18. The van der Waals surface area contributed by atoms with E-state index in [1.165, 1.54) is 6.07 Å². The zero-order chi connectivity index (χ0) is 18.0. The van der Waals surface area contributed by atoms with Crippen LogP contribution in [0.4, 0.5) is 0 Å². The lowest BCUT2D eigenvalue weighted by molar-refractivity contribution is 0.0949. The van der Waals surface area contributed by atoms with Crippen LogP contribution in [-0.4, -0.2) is 23.8 Å². The summed E-state index contributed by atoms with van der Waals surface area (Å²) >= 11 is 0. The number of benzene rings is 1. The van der Waals surface area contributed by atoms with Gasteiger partial charge in [0, 0.05) is 24.2 Å². The molecule has 1 aromatic carbocycles. The molecule has 0 saturated heterocycles. The van der Waals surface area contributed by atoms with Crippen molar-refractivity contribution in [3.63, 3.8) is 0 Å². The molecule has 6 nitrogen and oxygen atoms in total. The molecule has 1 amide bonds. The highest BCUT2D eigenvalue weighted by Crippen LogP contribution is 2.23. The van der Waals surface area contributed by atoms with Gasteiger partial charge in [-0.05, 0) is 36.1 Å². The van der Waals surface area contributed by atoms with Gasteiger partial charge in [-0.15, -0.1) is 0 Å². The van der Waals surface area contributed by atoms with Crippen LogP contribution in [-0.2, 0) is 13.0 Å². The molecular weight excluding hydrogens is 320 g/mol. The fourth-order valence-electron chi connectivity index (χ4n) is 3.02. The van der Waals surface area contributed by atoms with Gasteiger partial charge in [-0.25, -0.2) is 0 Å². The number of carbonyl (C=O) groups is 2. The van der Waals surface area contributed by atoms with E-state index in [9.17, 15) is 14.4 Å². The second-order valence-electron chi connectivity index (χ2n) is 6.37. The second kappa shape index (κ2) is 6.93. The van der Waals surface area contributed by atoms with Gasteiger partial charge in [0.1, 0.15) is 11.3 Å². The van der Waals surface area contributed by atoms with Gasteiger partial charge in [0.25, 0.3) is 11.5 Å². The maximum atomic E-state index is 12.4. The number of methoxy groups -OCH3 is 1. The molecule has 1 heterocycles. The topological polar surface area (TPSA) is 88.3 Å². The minimum Gasteiger partial charge on any atom is -0.497 e. The molecule has 1 atom stereocenters. The van der Waals surface area contributed by atoms with Crippen molar-refractivity contribution in [2.24, 2.45) is 5.92 Å². The molecule has 0 spiro atoms. The minimum atomic E-state index is -0.494. The van der Waals surface area contributed by atoms with Gasteiger partial charge in [0.05, 0.1) is 7.11 Å². The predicted molar refractivity (Wildman–Crippen MR) is 93.0 cm³/mol. The molecule has 2 N–H and O–H groups in total. The molecule has 3 rings (SSSR count). The fraction of sp³-hybridized carbons (Fsp3) is 0.316. The van der Waals surface area contributed by atoms with E-state index in [1.807, 2.05) is 19.1 Å². The van der Waals surface area contributed by atoms with E-state index in [2.05, 4.69) is 10.3 Å². The van der Waals surface area contributed by atoms with Gasteiger partial charge in [-0.3, -0.25) is 14.4 Å². The maximum absolute atomic E-state index is 12.4. The number of hydrogen-bond donors (Lipinski definition) is 2. The molecule has 1 aromatic heterocycles. The van der Waals surface area contributed by atoms with Crippen LogP contribution in [0, 0.1) is 5.92 Å². The highest BCUT2D eigenvalue weighted by Gasteiger charge is 2.25. The Balaban J connectivity index is 1.77. The number of aromatic nitrogens is 1. The maximum Gasteiger partial charge on any atom is 0.261 e. The third-order valence-electron chi connectivity index (χ3n) is 4.37. The third kappa shape index (κ3) is 3.63. The van der Waals surface area contributed by atoms with Crippen molar-refractivity contribution in [2.75, 3.05) is 7.11 Å². The van der Waals surface area contributed by atoms with E-state index < -0.39 is 11.5 Å². The molecule has 0 unspecified atom stereocenters. The first-order chi connectivity index (χ1) is 12.0. The summed E-state index contributed by atoms with van der Waals surface area (Å²) in [7, 11) is 1.58. The van der Waals surface area contributed by atoms with E-state index in [-0.39, 0.29) is 23.8 Å². The van der Waals surface area contributed by atoms with Crippen molar-refractivity contribution < 1.29 is 14.3 Å². The number of Topliss-reactive ketones (excluding diaryl/α,β-unsaturated/α-hetero) is 1. The lowest BCUT2D eigenvalue weighted by Crippen LogP contribution is -2.32. The van der Waals surface area contributed by atoms with Crippen molar-refractivity contribution in [3.8, 4) is 5.75 Å². The van der Waals surface area contributed by atoms with E-state index in [0.717, 1.165) is 11.3 Å². The third-order valence-corrected chi connectivity index (χ3v) is 4.37. The Hall–Kier alpha value is -2.89. The number of H-pyrrole nitrogens is 1. The van der Waals surface area contributed by atoms with Crippen LogP contribution in [0.15, 0.2) is 35.1 Å². The average molecular weight is 340 g/mol. The van der Waals surface area contributed by atoms with Gasteiger partial charge < -0.3 is 15.0 Å². The van der Waals surface area contributed by atoms with Crippen molar-refractivity contribution in [2.45, 2.75) is 26.3 Å². The van der Waals surface area contributed by atoms with E-state index >= 15 is 0 Å². The number of pyridine rings is 1. The standard InChI is InChI=1S/C19H20N2O4/c1-11-7-16-14(17(22)8-11)9-15(19(24)21-16)18(23)20-10-12-3-5-13(25-2)6-4-12/h3-6,9,11H,7-8,10H2,1-2H3,(H,20,23)(H,21,24)/t11-/m0/s1. The number of amides is 1. The van der Waals surface area contributed by atoms with Gasteiger partial charge >= 0.3 is 0 Å². The first kappa shape index (κ1) is 17.0. The number of ketones is 1. The van der Waals surface area contributed by atoms with Gasteiger partial charge in [-0.2, -0.15) is 0 Å². The molecule has 0 radical (unpaired) electrons. The Morgan fingerprint density at radius 3 is 2.64 bits per heavy atom. The molecule has 0 fully saturated rings. The summed E-state index contributed by atoms with van der Waals surface area (Å²) in [6, 6.07) is 8.69. The molecule has 25 heavy (non-hydrogen) atoms. The summed E-state index contributed by atoms with van der Waals surface area (Å²) in [6.45, 7) is 2.25. The molecule has 2 aromatic rings. The predicted octanol–water partition coefficient (Wildman–Crippen LogP) is 2.08. The largest absolute Gasteiger partial charge is 0.497 e. The Bertz CT molecular complexity index is 868. The molecule has 1 aliphatic rings. The SMILES string of the molecule is COc1ccc(CNC(=O)c2cc3c([nH]c2=O)C[C@H](C)CC3=O)cc1.